The Labute approximate surface area is 124 Å². The van der Waals surface area contributed by atoms with Gasteiger partial charge in [0.2, 0.25) is 0 Å². The van der Waals surface area contributed by atoms with E-state index in [-0.39, 0.29) is 6.10 Å². The standard InChI is InChI=1S/C17H30N2O/c1-14(2)12-18-9-10-19(5)13-16-7-6-8-17(11-16)20-15(3)4/h6-8,11,14-15,18H,9-10,12-13H2,1-5H3. The number of likely N-dealkylation sites (N-methyl/N-ethyl adjacent to an activating group) is 1. The van der Waals surface area contributed by atoms with Crippen LogP contribution < -0.4 is 10.1 Å². The molecule has 0 bridgehead atoms. The zero-order chi connectivity index (χ0) is 15.0. The second-order valence-electron chi connectivity index (χ2n) is 6.15. The Balaban J connectivity index is 2.35. The molecule has 3 nitrogen and oxygen atoms in total. The molecule has 1 rings (SSSR count). The summed E-state index contributed by atoms with van der Waals surface area (Å²) < 4.78 is 5.73. The average molecular weight is 278 g/mol. The number of benzene rings is 1. The second-order valence-corrected chi connectivity index (χ2v) is 6.15. The van der Waals surface area contributed by atoms with Gasteiger partial charge in [0.05, 0.1) is 6.10 Å². The number of hydrogen-bond acceptors (Lipinski definition) is 3. The lowest BCUT2D eigenvalue weighted by Crippen LogP contribution is -2.30. The number of ether oxygens (including phenoxy) is 1. The average Bonchev–Trinajstić information content (AvgIpc) is 2.34. The van der Waals surface area contributed by atoms with E-state index >= 15 is 0 Å². The Bertz CT molecular complexity index is 377. The largest absolute Gasteiger partial charge is 0.491 e. The fraction of sp³-hybridized carbons (Fsp3) is 0.647. The Hall–Kier alpha value is -1.06. The van der Waals surface area contributed by atoms with Gasteiger partial charge >= 0.3 is 0 Å². The van der Waals surface area contributed by atoms with E-state index in [1.54, 1.807) is 0 Å². The molecule has 0 radical (unpaired) electrons. The van der Waals surface area contributed by atoms with Crippen LogP contribution in [0.1, 0.15) is 33.3 Å². The van der Waals surface area contributed by atoms with Crippen molar-refractivity contribution in [3.63, 3.8) is 0 Å². The van der Waals surface area contributed by atoms with Gasteiger partial charge in [-0.25, -0.2) is 0 Å². The molecule has 0 atom stereocenters. The van der Waals surface area contributed by atoms with Crippen LogP contribution >= 0.6 is 0 Å². The first kappa shape index (κ1) is 17.0. The van der Waals surface area contributed by atoms with Gasteiger partial charge in [-0.1, -0.05) is 26.0 Å². The van der Waals surface area contributed by atoms with Gasteiger partial charge in [0.15, 0.2) is 0 Å². The molecule has 0 aliphatic carbocycles. The molecule has 114 valence electrons. The minimum absolute atomic E-state index is 0.225. The highest BCUT2D eigenvalue weighted by molar-refractivity contribution is 5.28. The van der Waals surface area contributed by atoms with Gasteiger partial charge in [0.25, 0.3) is 0 Å². The van der Waals surface area contributed by atoms with Crippen molar-refractivity contribution < 1.29 is 4.74 Å². The van der Waals surface area contributed by atoms with Crippen LogP contribution in [0.2, 0.25) is 0 Å². The lowest BCUT2D eigenvalue weighted by atomic mass is 10.2. The molecule has 1 aromatic carbocycles. The normalized spacial score (nSPS) is 11.6. The Morgan fingerprint density at radius 1 is 1.20 bits per heavy atom. The first-order valence-corrected chi connectivity index (χ1v) is 7.62. The summed E-state index contributed by atoms with van der Waals surface area (Å²) in [5.74, 6) is 1.68. The Morgan fingerprint density at radius 2 is 1.95 bits per heavy atom. The van der Waals surface area contributed by atoms with Gasteiger partial charge in [-0.05, 0) is 51.1 Å². The lowest BCUT2D eigenvalue weighted by molar-refractivity contribution is 0.241. The highest BCUT2D eigenvalue weighted by Crippen LogP contribution is 2.15. The summed E-state index contributed by atoms with van der Waals surface area (Å²) in [6.07, 6.45) is 0.225. The first-order chi connectivity index (χ1) is 9.47. The minimum atomic E-state index is 0.225. The van der Waals surface area contributed by atoms with Crippen LogP contribution in [0.5, 0.6) is 5.75 Å². The van der Waals surface area contributed by atoms with Crippen molar-refractivity contribution in [1.82, 2.24) is 10.2 Å². The minimum Gasteiger partial charge on any atom is -0.491 e. The van der Waals surface area contributed by atoms with Crippen LogP contribution in [-0.2, 0) is 6.54 Å². The van der Waals surface area contributed by atoms with Gasteiger partial charge in [-0.2, -0.15) is 0 Å². The van der Waals surface area contributed by atoms with Gasteiger partial charge < -0.3 is 15.0 Å². The maximum absolute atomic E-state index is 5.73. The van der Waals surface area contributed by atoms with Crippen molar-refractivity contribution in [1.29, 1.82) is 0 Å². The summed E-state index contributed by atoms with van der Waals surface area (Å²) >= 11 is 0. The molecule has 0 heterocycles. The van der Waals surface area contributed by atoms with E-state index in [1.165, 1.54) is 5.56 Å². The molecule has 1 aromatic rings. The summed E-state index contributed by atoms with van der Waals surface area (Å²) in [5.41, 5.74) is 1.30. The molecule has 0 saturated heterocycles. The zero-order valence-electron chi connectivity index (χ0n) is 13.6. The van der Waals surface area contributed by atoms with E-state index in [9.17, 15) is 0 Å². The fourth-order valence-corrected chi connectivity index (χ4v) is 2.04. The van der Waals surface area contributed by atoms with E-state index in [2.05, 4.69) is 63.2 Å². The third-order valence-electron chi connectivity index (χ3n) is 2.95. The molecule has 0 aliphatic rings. The number of nitrogens with zero attached hydrogens (tertiary/aromatic N) is 1. The summed E-state index contributed by atoms with van der Waals surface area (Å²) in [6.45, 7) is 12.7. The number of nitrogens with one attached hydrogen (secondary N) is 1. The number of rotatable bonds is 9. The highest BCUT2D eigenvalue weighted by Gasteiger charge is 2.03. The van der Waals surface area contributed by atoms with Crippen LogP contribution in [0, 0.1) is 5.92 Å². The summed E-state index contributed by atoms with van der Waals surface area (Å²) in [5, 5.41) is 3.47. The third kappa shape index (κ3) is 7.51. The summed E-state index contributed by atoms with van der Waals surface area (Å²) in [7, 11) is 2.16. The monoisotopic (exact) mass is 278 g/mol. The molecule has 20 heavy (non-hydrogen) atoms. The molecule has 0 amide bonds. The maximum Gasteiger partial charge on any atom is 0.120 e. The van der Waals surface area contributed by atoms with E-state index in [0.29, 0.717) is 5.92 Å². The first-order valence-electron chi connectivity index (χ1n) is 7.62. The quantitative estimate of drug-likeness (QED) is 0.702. The molecular formula is C17H30N2O. The molecule has 1 N–H and O–H groups in total. The Kier molecular flexibility index (Phi) is 7.63. The van der Waals surface area contributed by atoms with Gasteiger partial charge in [-0.3, -0.25) is 0 Å². The lowest BCUT2D eigenvalue weighted by Gasteiger charge is -2.18. The SMILES string of the molecule is CC(C)CNCCN(C)Cc1cccc(OC(C)C)c1. The number of hydrogen-bond donors (Lipinski definition) is 1. The van der Waals surface area contributed by atoms with Crippen molar-refractivity contribution in [2.45, 2.75) is 40.3 Å². The predicted molar refractivity (Wildman–Crippen MR) is 86.2 cm³/mol. The van der Waals surface area contributed by atoms with Crippen molar-refractivity contribution in [3.8, 4) is 5.75 Å². The van der Waals surface area contributed by atoms with Crippen molar-refractivity contribution in [2.75, 3.05) is 26.7 Å². The molecule has 0 saturated carbocycles. The van der Waals surface area contributed by atoms with Crippen LogP contribution in [0.3, 0.4) is 0 Å². The van der Waals surface area contributed by atoms with E-state index < -0.39 is 0 Å². The Morgan fingerprint density at radius 3 is 2.60 bits per heavy atom. The molecule has 0 spiro atoms. The van der Waals surface area contributed by atoms with Gasteiger partial charge in [0.1, 0.15) is 5.75 Å². The smallest absolute Gasteiger partial charge is 0.120 e. The van der Waals surface area contributed by atoms with Crippen molar-refractivity contribution in [3.05, 3.63) is 29.8 Å². The predicted octanol–water partition coefficient (Wildman–Crippen LogP) is 3.15. The van der Waals surface area contributed by atoms with Gasteiger partial charge in [0, 0.05) is 19.6 Å². The molecule has 3 heteroatoms. The van der Waals surface area contributed by atoms with Crippen LogP contribution in [0.15, 0.2) is 24.3 Å². The topological polar surface area (TPSA) is 24.5 Å². The molecular weight excluding hydrogens is 248 g/mol. The molecule has 0 unspecified atom stereocenters. The van der Waals surface area contributed by atoms with Crippen molar-refractivity contribution >= 4 is 0 Å². The van der Waals surface area contributed by atoms with Gasteiger partial charge in [-0.15, -0.1) is 0 Å². The zero-order valence-corrected chi connectivity index (χ0v) is 13.6. The van der Waals surface area contributed by atoms with E-state index in [1.807, 2.05) is 6.07 Å². The molecule has 0 aromatic heterocycles. The fourth-order valence-electron chi connectivity index (χ4n) is 2.04. The molecule has 0 aliphatic heterocycles. The van der Waals surface area contributed by atoms with Crippen LogP contribution in [0.4, 0.5) is 0 Å². The molecule has 0 fully saturated rings. The third-order valence-corrected chi connectivity index (χ3v) is 2.95. The second kappa shape index (κ2) is 8.98. The van der Waals surface area contributed by atoms with E-state index in [0.717, 1.165) is 31.9 Å². The maximum atomic E-state index is 5.73. The van der Waals surface area contributed by atoms with E-state index in [4.69, 9.17) is 4.74 Å². The highest BCUT2D eigenvalue weighted by atomic mass is 16.5. The van der Waals surface area contributed by atoms with Crippen LogP contribution in [0.25, 0.3) is 0 Å². The van der Waals surface area contributed by atoms with Crippen molar-refractivity contribution in [2.24, 2.45) is 5.92 Å². The summed E-state index contributed by atoms with van der Waals surface area (Å²) in [6, 6.07) is 8.38. The van der Waals surface area contributed by atoms with Crippen LogP contribution in [-0.4, -0.2) is 37.7 Å². The summed E-state index contributed by atoms with van der Waals surface area (Å²) in [4.78, 5) is 2.34.